The standard InChI is InChI=1S/C15H22N2O.ClH/c1-11-6-2-5-9-14(11)17-15(18)10-12-7-3-4-8-13(12)16;/h2,5-6,9,12-13H,3-4,7-8,10,16H2,1H3,(H,17,18);1H. The molecule has 0 aliphatic heterocycles. The second-order valence-corrected chi connectivity index (χ2v) is 5.28. The van der Waals surface area contributed by atoms with Gasteiger partial charge in [0.1, 0.15) is 0 Å². The van der Waals surface area contributed by atoms with Crippen LogP contribution in [0.4, 0.5) is 5.69 Å². The molecule has 0 bridgehead atoms. The minimum atomic E-state index is 0. The Hall–Kier alpha value is -1.06. The van der Waals surface area contributed by atoms with Crippen molar-refractivity contribution in [3.63, 3.8) is 0 Å². The van der Waals surface area contributed by atoms with Crippen molar-refractivity contribution in [2.45, 2.75) is 45.1 Å². The van der Waals surface area contributed by atoms with Gasteiger partial charge < -0.3 is 11.1 Å². The Morgan fingerprint density at radius 1 is 1.32 bits per heavy atom. The number of halogens is 1. The number of benzene rings is 1. The van der Waals surface area contributed by atoms with Crippen LogP contribution in [0.3, 0.4) is 0 Å². The fraction of sp³-hybridized carbons (Fsp3) is 0.533. The summed E-state index contributed by atoms with van der Waals surface area (Å²) in [7, 11) is 0. The maximum atomic E-state index is 12.0. The summed E-state index contributed by atoms with van der Waals surface area (Å²) in [5, 5.41) is 2.98. The van der Waals surface area contributed by atoms with E-state index in [2.05, 4.69) is 5.32 Å². The van der Waals surface area contributed by atoms with Crippen LogP contribution < -0.4 is 11.1 Å². The molecule has 0 heterocycles. The molecule has 0 radical (unpaired) electrons. The second kappa shape index (κ2) is 7.51. The summed E-state index contributed by atoms with van der Waals surface area (Å²) in [6.45, 7) is 2.00. The Kier molecular flexibility index (Phi) is 6.32. The number of hydrogen-bond donors (Lipinski definition) is 2. The first-order valence-electron chi connectivity index (χ1n) is 6.78. The Labute approximate surface area is 121 Å². The van der Waals surface area contributed by atoms with Crippen LogP contribution >= 0.6 is 12.4 Å². The van der Waals surface area contributed by atoms with Crippen molar-refractivity contribution in [2.24, 2.45) is 11.7 Å². The quantitative estimate of drug-likeness (QED) is 0.894. The fourth-order valence-electron chi connectivity index (χ4n) is 2.64. The molecule has 0 aromatic heterocycles. The Balaban J connectivity index is 0.00000180. The molecule has 4 heteroatoms. The summed E-state index contributed by atoms with van der Waals surface area (Å²) >= 11 is 0. The van der Waals surface area contributed by atoms with E-state index >= 15 is 0 Å². The van der Waals surface area contributed by atoms with E-state index in [9.17, 15) is 4.79 Å². The van der Waals surface area contributed by atoms with E-state index < -0.39 is 0 Å². The van der Waals surface area contributed by atoms with Gasteiger partial charge in [-0.05, 0) is 37.3 Å². The lowest BCUT2D eigenvalue weighted by molar-refractivity contribution is -0.117. The molecule has 106 valence electrons. The summed E-state index contributed by atoms with van der Waals surface area (Å²) in [6.07, 6.45) is 5.10. The maximum absolute atomic E-state index is 12.0. The lowest BCUT2D eigenvalue weighted by Gasteiger charge is -2.28. The van der Waals surface area contributed by atoms with Gasteiger partial charge in [0.05, 0.1) is 0 Å². The smallest absolute Gasteiger partial charge is 0.224 e. The van der Waals surface area contributed by atoms with E-state index in [1.165, 1.54) is 12.8 Å². The molecule has 1 fully saturated rings. The highest BCUT2D eigenvalue weighted by Gasteiger charge is 2.24. The molecule has 19 heavy (non-hydrogen) atoms. The van der Waals surface area contributed by atoms with Gasteiger partial charge in [-0.25, -0.2) is 0 Å². The van der Waals surface area contributed by atoms with E-state index in [0.717, 1.165) is 24.1 Å². The Morgan fingerprint density at radius 3 is 2.68 bits per heavy atom. The van der Waals surface area contributed by atoms with Gasteiger partial charge in [0, 0.05) is 18.2 Å². The van der Waals surface area contributed by atoms with Crippen LogP contribution in [0.1, 0.15) is 37.7 Å². The number of aryl methyl sites for hydroxylation is 1. The molecule has 2 atom stereocenters. The molecule has 1 saturated carbocycles. The number of nitrogens with one attached hydrogen (secondary N) is 1. The lowest BCUT2D eigenvalue weighted by Crippen LogP contribution is -2.35. The van der Waals surface area contributed by atoms with Crippen LogP contribution in [-0.4, -0.2) is 11.9 Å². The molecule has 0 spiro atoms. The van der Waals surface area contributed by atoms with Gasteiger partial charge in [0.25, 0.3) is 0 Å². The minimum Gasteiger partial charge on any atom is -0.327 e. The zero-order valence-corrected chi connectivity index (χ0v) is 12.2. The van der Waals surface area contributed by atoms with Crippen LogP contribution in [0.25, 0.3) is 0 Å². The van der Waals surface area contributed by atoms with E-state index in [1.54, 1.807) is 0 Å². The van der Waals surface area contributed by atoms with E-state index in [1.807, 2.05) is 31.2 Å². The second-order valence-electron chi connectivity index (χ2n) is 5.28. The average molecular weight is 283 g/mol. The van der Waals surface area contributed by atoms with Gasteiger partial charge in [-0.15, -0.1) is 12.4 Å². The van der Waals surface area contributed by atoms with Crippen molar-refractivity contribution in [3.8, 4) is 0 Å². The normalized spacial score (nSPS) is 22.4. The van der Waals surface area contributed by atoms with Crippen LogP contribution in [0.5, 0.6) is 0 Å². The van der Waals surface area contributed by atoms with Crippen molar-refractivity contribution >= 4 is 24.0 Å². The average Bonchev–Trinajstić information content (AvgIpc) is 2.35. The lowest BCUT2D eigenvalue weighted by atomic mass is 9.83. The zero-order valence-electron chi connectivity index (χ0n) is 11.4. The van der Waals surface area contributed by atoms with Crippen LogP contribution in [-0.2, 0) is 4.79 Å². The molecule has 1 aliphatic carbocycles. The third-order valence-corrected chi connectivity index (χ3v) is 3.83. The Bertz CT molecular complexity index is 422. The van der Waals surface area contributed by atoms with Crippen molar-refractivity contribution in [1.29, 1.82) is 0 Å². The van der Waals surface area contributed by atoms with Gasteiger partial charge in [-0.3, -0.25) is 4.79 Å². The first-order chi connectivity index (χ1) is 8.66. The molecular formula is C15H23ClN2O. The van der Waals surface area contributed by atoms with E-state index in [0.29, 0.717) is 12.3 Å². The SMILES string of the molecule is Cc1ccccc1NC(=O)CC1CCCCC1N.Cl. The highest BCUT2D eigenvalue weighted by Crippen LogP contribution is 2.26. The third kappa shape index (κ3) is 4.51. The summed E-state index contributed by atoms with van der Waals surface area (Å²) in [6, 6.07) is 8.05. The predicted molar refractivity (Wildman–Crippen MR) is 81.6 cm³/mol. The number of hydrogen-bond acceptors (Lipinski definition) is 2. The van der Waals surface area contributed by atoms with Crippen molar-refractivity contribution in [3.05, 3.63) is 29.8 Å². The number of para-hydroxylation sites is 1. The monoisotopic (exact) mass is 282 g/mol. The minimum absolute atomic E-state index is 0. The van der Waals surface area contributed by atoms with Crippen LogP contribution in [0, 0.1) is 12.8 Å². The number of nitrogens with two attached hydrogens (primary N) is 1. The first-order valence-corrected chi connectivity index (χ1v) is 6.78. The Morgan fingerprint density at radius 2 is 2.00 bits per heavy atom. The summed E-state index contributed by atoms with van der Waals surface area (Å²) in [5.74, 6) is 0.439. The molecular weight excluding hydrogens is 260 g/mol. The predicted octanol–water partition coefficient (Wildman–Crippen LogP) is 3.26. The fourth-order valence-corrected chi connectivity index (χ4v) is 2.64. The number of anilines is 1. The van der Waals surface area contributed by atoms with Gasteiger partial charge in [-0.1, -0.05) is 31.0 Å². The number of amides is 1. The topological polar surface area (TPSA) is 55.1 Å². The summed E-state index contributed by atoms with van der Waals surface area (Å²) in [4.78, 5) is 12.0. The molecule has 1 aromatic rings. The van der Waals surface area contributed by atoms with Crippen LogP contribution in [0.15, 0.2) is 24.3 Å². The maximum Gasteiger partial charge on any atom is 0.224 e. The molecule has 1 aromatic carbocycles. The first kappa shape index (κ1) is 16.0. The molecule has 3 N–H and O–H groups in total. The molecule has 3 nitrogen and oxygen atoms in total. The van der Waals surface area contributed by atoms with Crippen molar-refractivity contribution in [1.82, 2.24) is 0 Å². The third-order valence-electron chi connectivity index (χ3n) is 3.83. The molecule has 1 amide bonds. The number of carbonyl (C=O) groups excluding carboxylic acids is 1. The van der Waals surface area contributed by atoms with Gasteiger partial charge in [-0.2, -0.15) is 0 Å². The van der Waals surface area contributed by atoms with Gasteiger partial charge in [0.2, 0.25) is 5.91 Å². The number of rotatable bonds is 3. The van der Waals surface area contributed by atoms with Gasteiger partial charge in [0.15, 0.2) is 0 Å². The largest absolute Gasteiger partial charge is 0.327 e. The zero-order chi connectivity index (χ0) is 13.0. The van der Waals surface area contributed by atoms with E-state index in [-0.39, 0.29) is 24.4 Å². The summed E-state index contributed by atoms with van der Waals surface area (Å²) in [5.41, 5.74) is 8.08. The molecule has 2 rings (SSSR count). The molecule has 2 unspecified atom stereocenters. The molecule has 1 aliphatic rings. The highest BCUT2D eigenvalue weighted by atomic mass is 35.5. The highest BCUT2D eigenvalue weighted by molar-refractivity contribution is 5.91. The molecule has 0 saturated heterocycles. The summed E-state index contributed by atoms with van der Waals surface area (Å²) < 4.78 is 0. The van der Waals surface area contributed by atoms with Gasteiger partial charge >= 0.3 is 0 Å². The van der Waals surface area contributed by atoms with Crippen molar-refractivity contribution in [2.75, 3.05) is 5.32 Å². The van der Waals surface area contributed by atoms with Crippen LogP contribution in [0.2, 0.25) is 0 Å². The van der Waals surface area contributed by atoms with E-state index in [4.69, 9.17) is 5.73 Å². The number of carbonyl (C=O) groups is 1. The van der Waals surface area contributed by atoms with Crippen molar-refractivity contribution < 1.29 is 4.79 Å².